The van der Waals surface area contributed by atoms with Crippen molar-refractivity contribution in [3.63, 3.8) is 0 Å². The Hall–Kier alpha value is -0.610. The highest BCUT2D eigenvalue weighted by molar-refractivity contribution is 5.73. The molecular formula is C9H16N2O2. The zero-order chi connectivity index (χ0) is 9.26. The summed E-state index contributed by atoms with van der Waals surface area (Å²) in [5, 5.41) is 2.94. The molecule has 0 aliphatic carbocycles. The molecule has 0 spiro atoms. The number of nitrogens with zero attached hydrogens (tertiary/aromatic N) is 1. The lowest BCUT2D eigenvalue weighted by molar-refractivity contribution is -0.119. The number of carbonyl (C=O) groups excluding carboxylic acids is 1. The Morgan fingerprint density at radius 1 is 1.69 bits per heavy atom. The number of hydrogen-bond acceptors (Lipinski definition) is 3. The van der Waals surface area contributed by atoms with Crippen LogP contribution in [0.2, 0.25) is 0 Å². The number of amides is 1. The minimum Gasteiger partial charge on any atom is -0.372 e. The highest BCUT2D eigenvalue weighted by Gasteiger charge is 2.30. The molecule has 2 aliphatic heterocycles. The normalized spacial score (nSPS) is 33.3. The Morgan fingerprint density at radius 3 is 3.08 bits per heavy atom. The standard InChI is InChI=1S/C9H16N2O2/c1-7(12)10-8-2-3-11(4-8)5-9-6-13-9/h8-9H,2-6H2,1H3,(H,10,12). The van der Waals surface area contributed by atoms with E-state index in [4.69, 9.17) is 4.74 Å². The first-order chi connectivity index (χ1) is 6.24. The summed E-state index contributed by atoms with van der Waals surface area (Å²) in [4.78, 5) is 13.1. The van der Waals surface area contributed by atoms with Gasteiger partial charge in [0.1, 0.15) is 0 Å². The summed E-state index contributed by atoms with van der Waals surface area (Å²) in [7, 11) is 0. The third kappa shape index (κ3) is 2.67. The van der Waals surface area contributed by atoms with Gasteiger partial charge in [-0.05, 0) is 6.42 Å². The maximum atomic E-state index is 10.8. The van der Waals surface area contributed by atoms with E-state index in [0.29, 0.717) is 12.1 Å². The van der Waals surface area contributed by atoms with E-state index in [2.05, 4.69) is 10.2 Å². The summed E-state index contributed by atoms with van der Waals surface area (Å²) in [6.07, 6.45) is 1.54. The van der Waals surface area contributed by atoms with Gasteiger partial charge >= 0.3 is 0 Å². The molecule has 74 valence electrons. The van der Waals surface area contributed by atoms with Crippen LogP contribution in [0.1, 0.15) is 13.3 Å². The second kappa shape index (κ2) is 3.64. The predicted molar refractivity (Wildman–Crippen MR) is 48.4 cm³/mol. The second-order valence-electron chi connectivity index (χ2n) is 3.90. The van der Waals surface area contributed by atoms with Crippen LogP contribution in [-0.2, 0) is 9.53 Å². The lowest BCUT2D eigenvalue weighted by Crippen LogP contribution is -2.36. The van der Waals surface area contributed by atoms with Gasteiger partial charge in [0, 0.05) is 32.6 Å². The summed E-state index contributed by atoms with van der Waals surface area (Å²) in [5.41, 5.74) is 0. The predicted octanol–water partition coefficient (Wildman–Crippen LogP) is -0.404. The van der Waals surface area contributed by atoms with Gasteiger partial charge in [-0.2, -0.15) is 0 Å². The van der Waals surface area contributed by atoms with Crippen LogP contribution in [0, 0.1) is 0 Å². The minimum absolute atomic E-state index is 0.0783. The first kappa shape index (κ1) is 8.97. The zero-order valence-electron chi connectivity index (χ0n) is 7.95. The number of ether oxygens (including phenoxy) is 1. The molecule has 2 rings (SSSR count). The molecule has 4 heteroatoms. The van der Waals surface area contributed by atoms with Crippen molar-refractivity contribution in [1.29, 1.82) is 0 Å². The van der Waals surface area contributed by atoms with Gasteiger partial charge in [0.2, 0.25) is 5.91 Å². The van der Waals surface area contributed by atoms with E-state index in [-0.39, 0.29) is 5.91 Å². The van der Waals surface area contributed by atoms with Gasteiger partial charge in [-0.15, -0.1) is 0 Å². The van der Waals surface area contributed by atoms with E-state index >= 15 is 0 Å². The van der Waals surface area contributed by atoms with Gasteiger partial charge < -0.3 is 10.1 Å². The molecule has 1 N–H and O–H groups in total. The molecule has 2 atom stereocenters. The summed E-state index contributed by atoms with van der Waals surface area (Å²) < 4.78 is 5.16. The fourth-order valence-corrected chi connectivity index (χ4v) is 1.87. The van der Waals surface area contributed by atoms with Crippen LogP contribution >= 0.6 is 0 Å². The van der Waals surface area contributed by atoms with Crippen LogP contribution in [0.3, 0.4) is 0 Å². The van der Waals surface area contributed by atoms with Gasteiger partial charge in [-0.1, -0.05) is 0 Å². The molecule has 0 radical (unpaired) electrons. The molecule has 0 saturated carbocycles. The van der Waals surface area contributed by atoms with Crippen molar-refractivity contribution in [1.82, 2.24) is 10.2 Å². The highest BCUT2D eigenvalue weighted by atomic mass is 16.6. The molecular weight excluding hydrogens is 168 g/mol. The molecule has 0 aromatic carbocycles. The fraction of sp³-hybridized carbons (Fsp3) is 0.889. The molecule has 2 unspecified atom stereocenters. The second-order valence-corrected chi connectivity index (χ2v) is 3.90. The molecule has 0 aromatic rings. The molecule has 2 saturated heterocycles. The van der Waals surface area contributed by atoms with Gasteiger partial charge in [-0.25, -0.2) is 0 Å². The molecule has 2 aliphatic rings. The van der Waals surface area contributed by atoms with Crippen LogP contribution in [-0.4, -0.2) is 49.2 Å². The minimum atomic E-state index is 0.0783. The Labute approximate surface area is 78.2 Å². The molecule has 0 bridgehead atoms. The van der Waals surface area contributed by atoms with E-state index in [1.807, 2.05) is 0 Å². The summed E-state index contributed by atoms with van der Waals surface area (Å²) in [5.74, 6) is 0.0783. The van der Waals surface area contributed by atoms with Crippen molar-refractivity contribution in [2.24, 2.45) is 0 Å². The van der Waals surface area contributed by atoms with Crippen LogP contribution in [0.5, 0.6) is 0 Å². The lowest BCUT2D eigenvalue weighted by Gasteiger charge is -2.14. The third-order valence-electron chi connectivity index (χ3n) is 2.54. The topological polar surface area (TPSA) is 44.9 Å². The van der Waals surface area contributed by atoms with Gasteiger partial charge in [0.15, 0.2) is 0 Å². The van der Waals surface area contributed by atoms with E-state index < -0.39 is 0 Å². The van der Waals surface area contributed by atoms with Crippen LogP contribution in [0.15, 0.2) is 0 Å². The number of nitrogens with one attached hydrogen (secondary N) is 1. The largest absolute Gasteiger partial charge is 0.372 e. The Balaban J connectivity index is 1.69. The number of carbonyl (C=O) groups is 1. The first-order valence-corrected chi connectivity index (χ1v) is 4.85. The monoisotopic (exact) mass is 184 g/mol. The van der Waals surface area contributed by atoms with E-state index in [1.54, 1.807) is 6.92 Å². The average Bonchev–Trinajstić information content (AvgIpc) is 2.73. The van der Waals surface area contributed by atoms with Gasteiger partial charge in [0.05, 0.1) is 12.7 Å². The van der Waals surface area contributed by atoms with Crippen molar-refractivity contribution in [3.8, 4) is 0 Å². The van der Waals surface area contributed by atoms with Crippen molar-refractivity contribution < 1.29 is 9.53 Å². The average molecular weight is 184 g/mol. The third-order valence-corrected chi connectivity index (χ3v) is 2.54. The van der Waals surface area contributed by atoms with Crippen LogP contribution in [0.4, 0.5) is 0 Å². The number of epoxide rings is 1. The molecule has 2 fully saturated rings. The Kier molecular flexibility index (Phi) is 2.51. The van der Waals surface area contributed by atoms with Crippen molar-refractivity contribution in [2.45, 2.75) is 25.5 Å². The van der Waals surface area contributed by atoms with Gasteiger partial charge in [0.25, 0.3) is 0 Å². The summed E-state index contributed by atoms with van der Waals surface area (Å²) in [6.45, 7) is 5.61. The van der Waals surface area contributed by atoms with E-state index in [1.165, 1.54) is 0 Å². The molecule has 2 heterocycles. The van der Waals surface area contributed by atoms with Gasteiger partial charge in [-0.3, -0.25) is 9.69 Å². The highest BCUT2D eigenvalue weighted by Crippen LogP contribution is 2.15. The Bertz CT molecular complexity index is 204. The number of likely N-dealkylation sites (tertiary alicyclic amines) is 1. The SMILES string of the molecule is CC(=O)NC1CCN(CC2CO2)C1. The van der Waals surface area contributed by atoms with Crippen molar-refractivity contribution in [2.75, 3.05) is 26.2 Å². The summed E-state index contributed by atoms with van der Waals surface area (Å²) in [6, 6.07) is 0.358. The maximum absolute atomic E-state index is 10.8. The van der Waals surface area contributed by atoms with Crippen molar-refractivity contribution in [3.05, 3.63) is 0 Å². The number of hydrogen-bond donors (Lipinski definition) is 1. The maximum Gasteiger partial charge on any atom is 0.217 e. The quantitative estimate of drug-likeness (QED) is 0.607. The Morgan fingerprint density at radius 2 is 2.46 bits per heavy atom. The first-order valence-electron chi connectivity index (χ1n) is 4.85. The fourth-order valence-electron chi connectivity index (χ4n) is 1.87. The molecule has 4 nitrogen and oxygen atoms in total. The summed E-state index contributed by atoms with van der Waals surface area (Å²) >= 11 is 0. The lowest BCUT2D eigenvalue weighted by atomic mass is 10.2. The number of rotatable bonds is 3. The smallest absolute Gasteiger partial charge is 0.217 e. The molecule has 13 heavy (non-hydrogen) atoms. The zero-order valence-corrected chi connectivity index (χ0v) is 7.95. The van der Waals surface area contributed by atoms with Crippen molar-refractivity contribution >= 4 is 5.91 Å². The van der Waals surface area contributed by atoms with Crippen LogP contribution in [0.25, 0.3) is 0 Å². The molecule has 1 amide bonds. The van der Waals surface area contributed by atoms with Crippen LogP contribution < -0.4 is 5.32 Å². The van der Waals surface area contributed by atoms with E-state index in [9.17, 15) is 4.79 Å². The molecule has 0 aromatic heterocycles. The van der Waals surface area contributed by atoms with E-state index in [0.717, 1.165) is 32.7 Å².